The smallest absolute Gasteiger partial charge is 0.208 e. The number of nitrogens with one attached hydrogen (secondary N) is 1. The number of unbranched alkanes of at least 4 members (excludes halogenated alkanes) is 2. The van der Waals surface area contributed by atoms with Gasteiger partial charge in [-0.3, -0.25) is 0 Å². The first kappa shape index (κ1) is 20.1. The van der Waals surface area contributed by atoms with Crippen LogP contribution in [0.2, 0.25) is 0 Å². The van der Waals surface area contributed by atoms with Gasteiger partial charge in [0.15, 0.2) is 5.82 Å². The van der Waals surface area contributed by atoms with Gasteiger partial charge in [0.1, 0.15) is 11.3 Å². The van der Waals surface area contributed by atoms with E-state index >= 15 is 0 Å². The minimum atomic E-state index is -3.12. The van der Waals surface area contributed by atoms with Crippen molar-refractivity contribution in [3.05, 3.63) is 17.1 Å². The third-order valence-electron chi connectivity index (χ3n) is 5.20. The highest BCUT2D eigenvalue weighted by molar-refractivity contribution is 7.88. The predicted octanol–water partition coefficient (Wildman–Crippen LogP) is 2.56. The normalized spacial score (nSPS) is 14.6. The number of rotatable bonds is 9. The predicted molar refractivity (Wildman–Crippen MR) is 109 cm³/mol. The van der Waals surface area contributed by atoms with Crippen LogP contribution in [0.4, 0.5) is 5.82 Å². The van der Waals surface area contributed by atoms with Crippen molar-refractivity contribution >= 4 is 26.9 Å². The summed E-state index contributed by atoms with van der Waals surface area (Å²) < 4.78 is 27.3. The molecule has 0 saturated heterocycles. The van der Waals surface area contributed by atoms with Gasteiger partial charge in [0.2, 0.25) is 10.0 Å². The van der Waals surface area contributed by atoms with E-state index in [1.54, 1.807) is 0 Å². The van der Waals surface area contributed by atoms with Crippen molar-refractivity contribution in [1.29, 1.82) is 0 Å². The van der Waals surface area contributed by atoms with Crippen LogP contribution in [-0.2, 0) is 35.8 Å². The third-order valence-corrected chi connectivity index (χ3v) is 5.92. The first-order valence-electron chi connectivity index (χ1n) is 10.0. The molecule has 2 aromatic rings. The van der Waals surface area contributed by atoms with Crippen molar-refractivity contribution in [2.75, 3.05) is 18.5 Å². The molecule has 7 nitrogen and oxygen atoms in total. The number of fused-ring (bicyclic) bond motifs is 3. The third kappa shape index (κ3) is 4.79. The van der Waals surface area contributed by atoms with Gasteiger partial charge in [0.25, 0.3) is 0 Å². The molecule has 1 aliphatic rings. The van der Waals surface area contributed by atoms with Gasteiger partial charge in [-0.05, 0) is 50.5 Å². The Morgan fingerprint density at radius 1 is 1.15 bits per heavy atom. The molecule has 2 heterocycles. The lowest BCUT2D eigenvalue weighted by molar-refractivity contribution is 0.563. The second-order valence-corrected chi connectivity index (χ2v) is 9.32. The van der Waals surface area contributed by atoms with Gasteiger partial charge in [0.05, 0.1) is 11.8 Å². The molecule has 0 radical (unpaired) electrons. The van der Waals surface area contributed by atoms with Crippen LogP contribution in [0.5, 0.6) is 0 Å². The van der Waals surface area contributed by atoms with Crippen LogP contribution in [0.15, 0.2) is 0 Å². The van der Waals surface area contributed by atoms with Crippen LogP contribution < -0.4 is 10.5 Å². The number of hydrogen-bond acceptors (Lipinski definition) is 5. The molecule has 0 unspecified atom stereocenters. The summed E-state index contributed by atoms with van der Waals surface area (Å²) in [5, 5.41) is 0. The van der Waals surface area contributed by atoms with Gasteiger partial charge in [-0.1, -0.05) is 13.3 Å². The van der Waals surface area contributed by atoms with Crippen LogP contribution in [0, 0.1) is 0 Å². The summed E-state index contributed by atoms with van der Waals surface area (Å²) in [5.74, 6) is 1.62. The number of nitrogen functional groups attached to an aromatic ring is 1. The first-order valence-corrected chi connectivity index (χ1v) is 11.9. The summed E-state index contributed by atoms with van der Waals surface area (Å²) in [6.45, 7) is 3.48. The van der Waals surface area contributed by atoms with Gasteiger partial charge < -0.3 is 10.3 Å². The lowest BCUT2D eigenvalue weighted by Crippen LogP contribution is -2.23. The number of anilines is 1. The molecule has 3 N–H and O–H groups in total. The molecule has 3 rings (SSSR count). The van der Waals surface area contributed by atoms with Crippen LogP contribution in [0.1, 0.15) is 62.5 Å². The fraction of sp³-hybridized carbons (Fsp3) is 0.684. The molecule has 0 aromatic carbocycles. The molecule has 0 saturated carbocycles. The lowest BCUT2D eigenvalue weighted by atomic mass is 9.95. The Morgan fingerprint density at radius 2 is 1.93 bits per heavy atom. The van der Waals surface area contributed by atoms with E-state index in [1.165, 1.54) is 30.2 Å². The van der Waals surface area contributed by atoms with Gasteiger partial charge in [0, 0.05) is 25.2 Å². The number of nitrogens with zero attached hydrogens (tertiary/aromatic N) is 3. The van der Waals surface area contributed by atoms with E-state index in [9.17, 15) is 8.42 Å². The first-order chi connectivity index (χ1) is 12.9. The molecule has 0 bridgehead atoms. The number of pyridine rings is 1. The Balaban J connectivity index is 1.89. The van der Waals surface area contributed by atoms with Crippen LogP contribution in [0.3, 0.4) is 0 Å². The van der Waals surface area contributed by atoms with Crippen molar-refractivity contribution in [3.8, 4) is 0 Å². The van der Waals surface area contributed by atoms with E-state index in [2.05, 4.69) is 21.2 Å². The second kappa shape index (κ2) is 8.56. The summed E-state index contributed by atoms with van der Waals surface area (Å²) in [6.07, 6.45) is 10.4. The molecular weight excluding hydrogens is 362 g/mol. The van der Waals surface area contributed by atoms with Gasteiger partial charge in [-0.25, -0.2) is 23.1 Å². The second-order valence-electron chi connectivity index (χ2n) is 7.48. The molecule has 0 fully saturated rings. The highest BCUT2D eigenvalue weighted by Crippen LogP contribution is 2.32. The maximum atomic E-state index is 11.2. The van der Waals surface area contributed by atoms with Crippen molar-refractivity contribution in [2.45, 2.75) is 71.3 Å². The SMILES string of the molecule is CCCCc1nc2c(N)nc3c(c2n1CCCCNS(C)(=O)=O)CCCC3. The molecule has 150 valence electrons. The summed E-state index contributed by atoms with van der Waals surface area (Å²) in [5.41, 5.74) is 10.7. The zero-order valence-corrected chi connectivity index (χ0v) is 17.2. The summed E-state index contributed by atoms with van der Waals surface area (Å²) >= 11 is 0. The van der Waals surface area contributed by atoms with Crippen molar-refractivity contribution in [1.82, 2.24) is 19.3 Å². The van der Waals surface area contributed by atoms with E-state index < -0.39 is 10.0 Å². The van der Waals surface area contributed by atoms with Crippen molar-refractivity contribution in [2.24, 2.45) is 0 Å². The maximum absolute atomic E-state index is 11.2. The largest absolute Gasteiger partial charge is 0.382 e. The standard InChI is InChI=1S/C19H31N5O2S/c1-3-4-11-16-23-17-18(14-9-5-6-10-15(14)22-19(17)20)24(16)13-8-7-12-21-27(2,25)26/h21H,3-13H2,1-2H3,(H2,20,22). The minimum Gasteiger partial charge on any atom is -0.382 e. The van der Waals surface area contributed by atoms with E-state index in [1.807, 2.05) is 0 Å². The Hall–Kier alpha value is -1.67. The van der Waals surface area contributed by atoms with Crippen LogP contribution in [0.25, 0.3) is 11.0 Å². The van der Waals surface area contributed by atoms with E-state index in [0.717, 1.165) is 68.5 Å². The minimum absolute atomic E-state index is 0.470. The molecule has 0 spiro atoms. The quantitative estimate of drug-likeness (QED) is 0.637. The fourth-order valence-electron chi connectivity index (χ4n) is 3.87. The van der Waals surface area contributed by atoms with Crippen LogP contribution in [-0.4, -0.2) is 35.8 Å². The number of imidazole rings is 1. The molecule has 0 aliphatic heterocycles. The fourth-order valence-corrected chi connectivity index (χ4v) is 4.38. The average Bonchev–Trinajstić information content (AvgIpc) is 2.98. The highest BCUT2D eigenvalue weighted by Gasteiger charge is 2.22. The molecule has 8 heteroatoms. The molecular formula is C19H31N5O2S. The maximum Gasteiger partial charge on any atom is 0.208 e. The number of sulfonamides is 1. The number of hydrogen-bond donors (Lipinski definition) is 2. The molecule has 0 atom stereocenters. The zero-order chi connectivity index (χ0) is 19.4. The van der Waals surface area contributed by atoms with Crippen molar-refractivity contribution < 1.29 is 8.42 Å². The van der Waals surface area contributed by atoms with Crippen LogP contribution >= 0.6 is 0 Å². The Labute approximate surface area is 161 Å². The number of aryl methyl sites for hydroxylation is 4. The van der Waals surface area contributed by atoms with E-state index in [4.69, 9.17) is 10.7 Å². The van der Waals surface area contributed by atoms with Crippen molar-refractivity contribution in [3.63, 3.8) is 0 Å². The molecule has 27 heavy (non-hydrogen) atoms. The lowest BCUT2D eigenvalue weighted by Gasteiger charge is -2.18. The monoisotopic (exact) mass is 393 g/mol. The Morgan fingerprint density at radius 3 is 2.67 bits per heavy atom. The highest BCUT2D eigenvalue weighted by atomic mass is 32.2. The number of aromatic nitrogens is 3. The summed E-state index contributed by atoms with van der Waals surface area (Å²) in [4.78, 5) is 9.50. The molecule has 2 aromatic heterocycles. The van der Waals surface area contributed by atoms with E-state index in [-0.39, 0.29) is 0 Å². The molecule has 0 amide bonds. The summed E-state index contributed by atoms with van der Waals surface area (Å²) in [6, 6.07) is 0. The summed E-state index contributed by atoms with van der Waals surface area (Å²) in [7, 11) is -3.12. The molecule has 1 aliphatic carbocycles. The van der Waals surface area contributed by atoms with Gasteiger partial charge >= 0.3 is 0 Å². The number of nitrogens with two attached hydrogens (primary N) is 1. The van der Waals surface area contributed by atoms with Gasteiger partial charge in [-0.15, -0.1) is 0 Å². The average molecular weight is 394 g/mol. The van der Waals surface area contributed by atoms with Gasteiger partial charge in [-0.2, -0.15) is 0 Å². The topological polar surface area (TPSA) is 103 Å². The Bertz CT molecular complexity index is 905. The Kier molecular flexibility index (Phi) is 6.37. The van der Waals surface area contributed by atoms with E-state index in [0.29, 0.717) is 12.4 Å². The zero-order valence-electron chi connectivity index (χ0n) is 16.4.